The number of nitrogens with one attached hydrogen (secondary N) is 1. The fourth-order valence-corrected chi connectivity index (χ4v) is 4.14. The number of aromatic nitrogens is 1. The molecule has 8 nitrogen and oxygen atoms in total. The van der Waals surface area contributed by atoms with Gasteiger partial charge in [0.25, 0.3) is 12.3 Å². The number of carbonyl (C=O) groups is 1. The molecule has 2 heterocycles. The highest BCUT2D eigenvalue weighted by Gasteiger charge is 2.21. The van der Waals surface area contributed by atoms with Crippen molar-refractivity contribution in [3.8, 4) is 0 Å². The van der Waals surface area contributed by atoms with Crippen LogP contribution < -0.4 is 26.8 Å². The predicted octanol–water partition coefficient (Wildman–Crippen LogP) is 5.03. The Morgan fingerprint density at radius 2 is 1.92 bits per heavy atom. The van der Waals surface area contributed by atoms with E-state index in [2.05, 4.69) is 10.3 Å². The molecule has 2 aromatic carbocycles. The van der Waals surface area contributed by atoms with Gasteiger partial charge in [-0.25, -0.2) is 14.6 Å². The second-order valence-corrected chi connectivity index (χ2v) is 8.72. The molecule has 0 bridgehead atoms. The SMILES string of the molecule is CF.Cc1ccc(C(=O)Nc2ccc(N3CCCOCC3)c(C(F)F)c2)cc1N(N)/C=C(\N)c1cccnc1. The zero-order valence-corrected chi connectivity index (χ0v) is 21.9. The molecule has 1 aliphatic rings. The van der Waals surface area contributed by atoms with Crippen molar-refractivity contribution in [2.45, 2.75) is 19.8 Å². The smallest absolute Gasteiger partial charge is 0.265 e. The van der Waals surface area contributed by atoms with Crippen LogP contribution in [0.15, 0.2) is 67.1 Å². The second kappa shape index (κ2) is 14.2. The Morgan fingerprint density at radius 3 is 2.64 bits per heavy atom. The van der Waals surface area contributed by atoms with E-state index >= 15 is 0 Å². The van der Waals surface area contributed by atoms with Crippen molar-refractivity contribution < 1.29 is 22.7 Å². The van der Waals surface area contributed by atoms with Gasteiger partial charge in [0.2, 0.25) is 0 Å². The molecule has 0 unspecified atom stereocenters. The number of amides is 1. The summed E-state index contributed by atoms with van der Waals surface area (Å²) in [4.78, 5) is 19.0. The van der Waals surface area contributed by atoms with Crippen LogP contribution in [0.4, 0.5) is 30.2 Å². The van der Waals surface area contributed by atoms with Gasteiger partial charge in [-0.2, -0.15) is 0 Å². The molecule has 5 N–H and O–H groups in total. The van der Waals surface area contributed by atoms with Crippen LogP contribution in [0.5, 0.6) is 0 Å². The minimum Gasteiger partial charge on any atom is -0.397 e. The van der Waals surface area contributed by atoms with Crippen LogP contribution in [0, 0.1) is 6.92 Å². The van der Waals surface area contributed by atoms with Crippen molar-refractivity contribution in [1.82, 2.24) is 4.98 Å². The zero-order valence-electron chi connectivity index (χ0n) is 21.9. The van der Waals surface area contributed by atoms with Gasteiger partial charge in [0.05, 0.1) is 25.2 Å². The Balaban J connectivity index is 0.00000205. The summed E-state index contributed by atoms with van der Waals surface area (Å²) in [5, 5.41) is 4.06. The molecule has 0 saturated carbocycles. The number of anilines is 3. The van der Waals surface area contributed by atoms with E-state index in [1.165, 1.54) is 11.1 Å². The Morgan fingerprint density at radius 1 is 1.13 bits per heavy atom. The largest absolute Gasteiger partial charge is 0.397 e. The van der Waals surface area contributed by atoms with Gasteiger partial charge in [0.15, 0.2) is 0 Å². The topological polar surface area (TPSA) is 110 Å². The monoisotopic (exact) mass is 542 g/mol. The van der Waals surface area contributed by atoms with Gasteiger partial charge in [-0.15, -0.1) is 0 Å². The molecular weight excluding hydrogens is 509 g/mol. The van der Waals surface area contributed by atoms with E-state index in [9.17, 15) is 18.0 Å². The summed E-state index contributed by atoms with van der Waals surface area (Å²) in [6.45, 7) is 4.11. The van der Waals surface area contributed by atoms with Gasteiger partial charge >= 0.3 is 0 Å². The maximum Gasteiger partial charge on any atom is 0.265 e. The highest BCUT2D eigenvalue weighted by molar-refractivity contribution is 6.05. The molecule has 0 atom stereocenters. The molecule has 1 amide bonds. The van der Waals surface area contributed by atoms with E-state index in [0.29, 0.717) is 61.7 Å². The standard InChI is InChI=1S/C27H30F2N6O2.CH3F/c1-18-5-6-19(14-25(18)35(31)17-23(30)20-4-2-9-32-16-20)27(36)33-21-7-8-24(22(15-21)26(28)29)34-10-3-12-37-13-11-34;1-2/h2,4-9,14-17,26H,3,10-13,30-31H2,1H3,(H,33,36);1H3/b23-17-;. The summed E-state index contributed by atoms with van der Waals surface area (Å²) >= 11 is 0. The third-order valence-electron chi connectivity index (χ3n) is 6.11. The fraction of sp³-hybridized carbons (Fsp3) is 0.286. The van der Waals surface area contributed by atoms with E-state index in [0.717, 1.165) is 12.0 Å². The quantitative estimate of drug-likeness (QED) is 0.284. The molecule has 3 aromatic rings. The van der Waals surface area contributed by atoms with Crippen molar-refractivity contribution in [2.75, 3.05) is 48.7 Å². The summed E-state index contributed by atoms with van der Waals surface area (Å²) in [7, 11) is 0.500. The summed E-state index contributed by atoms with van der Waals surface area (Å²) in [6.07, 6.45) is 2.88. The number of carbonyl (C=O) groups excluding carboxylic acids is 1. The van der Waals surface area contributed by atoms with E-state index in [1.54, 1.807) is 55.0 Å². The number of nitrogens with zero attached hydrogens (tertiary/aromatic N) is 3. The van der Waals surface area contributed by atoms with Crippen molar-refractivity contribution >= 4 is 28.7 Å². The van der Waals surface area contributed by atoms with Crippen molar-refractivity contribution in [3.63, 3.8) is 0 Å². The maximum atomic E-state index is 13.9. The van der Waals surface area contributed by atoms with Crippen LogP contribution in [0.25, 0.3) is 5.70 Å². The van der Waals surface area contributed by atoms with E-state index in [4.69, 9.17) is 16.3 Å². The first-order valence-electron chi connectivity index (χ1n) is 12.3. The van der Waals surface area contributed by atoms with E-state index in [1.807, 2.05) is 17.9 Å². The summed E-state index contributed by atoms with van der Waals surface area (Å²) < 4.78 is 42.8. The molecule has 0 radical (unpaired) electrons. The number of rotatable bonds is 7. The van der Waals surface area contributed by atoms with Crippen LogP contribution in [0.2, 0.25) is 0 Å². The van der Waals surface area contributed by atoms with Gasteiger partial charge < -0.3 is 20.7 Å². The molecule has 208 valence electrons. The van der Waals surface area contributed by atoms with Crippen LogP contribution in [-0.4, -0.2) is 44.4 Å². The number of ether oxygens (including phenoxy) is 1. The second-order valence-electron chi connectivity index (χ2n) is 8.72. The first-order valence-corrected chi connectivity index (χ1v) is 12.3. The fourth-order valence-electron chi connectivity index (χ4n) is 4.14. The van der Waals surface area contributed by atoms with E-state index < -0.39 is 12.3 Å². The minimum atomic E-state index is -2.69. The lowest BCUT2D eigenvalue weighted by Crippen LogP contribution is -2.27. The van der Waals surface area contributed by atoms with Crippen molar-refractivity contribution in [2.24, 2.45) is 11.6 Å². The molecule has 1 aromatic heterocycles. The third-order valence-corrected chi connectivity index (χ3v) is 6.11. The van der Waals surface area contributed by atoms with Gasteiger partial charge in [-0.3, -0.25) is 19.2 Å². The van der Waals surface area contributed by atoms with Crippen LogP contribution in [0.1, 0.15) is 39.9 Å². The van der Waals surface area contributed by atoms with Crippen LogP contribution >= 0.6 is 0 Å². The predicted molar refractivity (Wildman–Crippen MR) is 148 cm³/mol. The minimum absolute atomic E-state index is 0.131. The summed E-state index contributed by atoms with van der Waals surface area (Å²) in [5.41, 5.74) is 9.55. The number of pyridine rings is 1. The normalized spacial score (nSPS) is 13.8. The van der Waals surface area contributed by atoms with Gasteiger partial charge in [0.1, 0.15) is 0 Å². The number of benzene rings is 2. The lowest BCUT2D eigenvalue weighted by atomic mass is 10.1. The number of hydrazine groups is 1. The summed E-state index contributed by atoms with van der Waals surface area (Å²) in [6, 6.07) is 13.2. The number of halogens is 3. The van der Waals surface area contributed by atoms with E-state index in [-0.39, 0.29) is 11.3 Å². The van der Waals surface area contributed by atoms with Gasteiger partial charge in [-0.1, -0.05) is 6.07 Å². The molecule has 1 fully saturated rings. The average molecular weight is 543 g/mol. The number of nitrogens with two attached hydrogens (primary N) is 2. The Bertz CT molecular complexity index is 1270. The molecule has 1 saturated heterocycles. The van der Waals surface area contributed by atoms with Crippen LogP contribution in [-0.2, 0) is 4.74 Å². The maximum absolute atomic E-state index is 13.9. The Hall–Kier alpha value is -4.09. The number of hydrogen-bond donors (Lipinski definition) is 3. The highest BCUT2D eigenvalue weighted by Crippen LogP contribution is 2.33. The third kappa shape index (κ3) is 7.71. The lowest BCUT2D eigenvalue weighted by Gasteiger charge is -2.25. The molecular formula is C28H33F3N6O2. The van der Waals surface area contributed by atoms with Crippen molar-refractivity contribution in [3.05, 3.63) is 89.4 Å². The number of hydrogen-bond acceptors (Lipinski definition) is 7. The Labute approximate surface area is 226 Å². The highest BCUT2D eigenvalue weighted by atomic mass is 19.3. The number of aryl methyl sites for hydroxylation is 1. The molecule has 1 aliphatic heterocycles. The van der Waals surface area contributed by atoms with Crippen molar-refractivity contribution in [1.29, 1.82) is 0 Å². The summed E-state index contributed by atoms with van der Waals surface area (Å²) in [5.74, 6) is 5.79. The molecule has 11 heteroatoms. The number of alkyl halides is 3. The molecule has 0 aliphatic carbocycles. The van der Waals surface area contributed by atoms with Gasteiger partial charge in [0, 0.05) is 66.4 Å². The zero-order chi connectivity index (χ0) is 28.4. The molecule has 0 spiro atoms. The molecule has 4 rings (SSSR count). The first kappa shape index (κ1) is 29.5. The van der Waals surface area contributed by atoms with Crippen LogP contribution in [0.3, 0.4) is 0 Å². The first-order chi connectivity index (χ1) is 18.8. The Kier molecular flexibility index (Phi) is 10.7. The lowest BCUT2D eigenvalue weighted by molar-refractivity contribution is 0.102. The molecule has 39 heavy (non-hydrogen) atoms. The van der Waals surface area contributed by atoms with Gasteiger partial charge in [-0.05, 0) is 61.4 Å². The average Bonchev–Trinajstić information content (AvgIpc) is 3.24.